The van der Waals surface area contributed by atoms with Gasteiger partial charge in [0.2, 0.25) is 0 Å². The van der Waals surface area contributed by atoms with Gasteiger partial charge in [-0.05, 0) is 37.8 Å². The topological polar surface area (TPSA) is 73.0 Å². The predicted octanol–water partition coefficient (Wildman–Crippen LogP) is 3.57. The molecule has 3 aromatic heterocycles. The number of aromatic nitrogens is 3. The lowest BCUT2D eigenvalue weighted by atomic mass is 10.3. The fourth-order valence-corrected chi connectivity index (χ4v) is 3.27. The van der Waals surface area contributed by atoms with Crippen LogP contribution in [0.4, 0.5) is 5.69 Å². The molecular weight excluding hydrogens is 312 g/mol. The Hall–Kier alpha value is -2.41. The third kappa shape index (κ3) is 3.05. The normalized spacial score (nSPS) is 14.1. The first-order valence-corrected chi connectivity index (χ1v) is 8.36. The van der Waals surface area contributed by atoms with Gasteiger partial charge >= 0.3 is 0 Å². The number of anilines is 1. The number of aryl methyl sites for hydroxylation is 1. The molecule has 7 heteroatoms. The van der Waals surface area contributed by atoms with Crippen LogP contribution in [0.25, 0.3) is 10.8 Å². The zero-order valence-electron chi connectivity index (χ0n) is 12.7. The molecule has 0 aromatic carbocycles. The second-order valence-electron chi connectivity index (χ2n) is 5.75. The van der Waals surface area contributed by atoms with Crippen LogP contribution in [0.2, 0.25) is 0 Å². The van der Waals surface area contributed by atoms with Crippen LogP contribution >= 0.6 is 11.3 Å². The molecule has 0 bridgehead atoms. The summed E-state index contributed by atoms with van der Waals surface area (Å²) in [4.78, 5) is 17.7. The zero-order chi connectivity index (χ0) is 15.8. The second-order valence-corrected chi connectivity index (χ2v) is 6.95. The van der Waals surface area contributed by atoms with Gasteiger partial charge in [-0.15, -0.1) is 11.3 Å². The van der Waals surface area contributed by atoms with Gasteiger partial charge in [-0.25, -0.2) is 4.98 Å². The minimum Gasteiger partial charge on any atom is -0.462 e. The Bertz CT molecular complexity index is 830. The van der Waals surface area contributed by atoms with E-state index < -0.39 is 0 Å². The number of nitrogens with one attached hydrogen (secondary N) is 1. The molecule has 4 rings (SSSR count). The van der Waals surface area contributed by atoms with Crippen molar-refractivity contribution >= 4 is 22.9 Å². The van der Waals surface area contributed by atoms with Gasteiger partial charge in [-0.1, -0.05) is 0 Å². The van der Waals surface area contributed by atoms with E-state index in [0.29, 0.717) is 22.1 Å². The van der Waals surface area contributed by atoms with Crippen molar-refractivity contribution in [3.8, 4) is 10.8 Å². The van der Waals surface area contributed by atoms with Gasteiger partial charge in [-0.2, -0.15) is 5.10 Å². The fraction of sp³-hybridized carbons (Fsp3) is 0.312. The molecule has 1 amide bonds. The summed E-state index contributed by atoms with van der Waals surface area (Å²) in [5.74, 6) is 1.20. The van der Waals surface area contributed by atoms with Gasteiger partial charge < -0.3 is 9.73 Å². The number of furan rings is 1. The van der Waals surface area contributed by atoms with E-state index in [4.69, 9.17) is 4.42 Å². The number of nitrogens with zero attached hydrogens (tertiary/aromatic N) is 3. The van der Waals surface area contributed by atoms with E-state index in [1.807, 2.05) is 23.9 Å². The summed E-state index contributed by atoms with van der Waals surface area (Å²) in [6.45, 7) is 2.81. The van der Waals surface area contributed by atoms with Crippen LogP contribution in [0.1, 0.15) is 28.2 Å². The maximum absolute atomic E-state index is 12.4. The van der Waals surface area contributed by atoms with Crippen molar-refractivity contribution in [2.75, 3.05) is 5.32 Å². The number of rotatable bonds is 5. The second kappa shape index (κ2) is 5.66. The van der Waals surface area contributed by atoms with Crippen molar-refractivity contribution in [2.24, 2.45) is 5.92 Å². The van der Waals surface area contributed by atoms with E-state index in [9.17, 15) is 4.79 Å². The summed E-state index contributed by atoms with van der Waals surface area (Å²) in [5.41, 5.74) is 1.12. The summed E-state index contributed by atoms with van der Waals surface area (Å²) >= 11 is 1.45. The van der Waals surface area contributed by atoms with Crippen LogP contribution in [-0.2, 0) is 6.54 Å². The number of hydrogen-bond acceptors (Lipinski definition) is 5. The van der Waals surface area contributed by atoms with E-state index in [1.54, 1.807) is 18.5 Å². The first-order chi connectivity index (χ1) is 11.2. The van der Waals surface area contributed by atoms with Gasteiger partial charge in [0.15, 0.2) is 10.8 Å². The summed E-state index contributed by atoms with van der Waals surface area (Å²) in [6.07, 6.45) is 7.69. The van der Waals surface area contributed by atoms with Gasteiger partial charge in [0.25, 0.3) is 5.91 Å². The van der Waals surface area contributed by atoms with Crippen molar-refractivity contribution in [1.82, 2.24) is 14.8 Å². The van der Waals surface area contributed by atoms with Crippen molar-refractivity contribution in [3.05, 3.63) is 41.4 Å². The highest BCUT2D eigenvalue weighted by Gasteiger charge is 2.22. The molecule has 1 saturated carbocycles. The zero-order valence-corrected chi connectivity index (χ0v) is 13.5. The van der Waals surface area contributed by atoms with Crippen molar-refractivity contribution in [1.29, 1.82) is 0 Å². The quantitative estimate of drug-likeness (QED) is 0.777. The van der Waals surface area contributed by atoms with Gasteiger partial charge in [-0.3, -0.25) is 9.48 Å². The molecule has 0 atom stereocenters. The third-order valence-corrected chi connectivity index (χ3v) is 4.76. The molecule has 1 fully saturated rings. The molecule has 118 valence electrons. The summed E-state index contributed by atoms with van der Waals surface area (Å²) in [6, 6.07) is 3.64. The van der Waals surface area contributed by atoms with Gasteiger partial charge in [0, 0.05) is 17.6 Å². The van der Waals surface area contributed by atoms with E-state index in [-0.39, 0.29) is 5.91 Å². The third-order valence-electron chi connectivity index (χ3n) is 3.78. The minimum absolute atomic E-state index is 0.220. The average molecular weight is 328 g/mol. The fourth-order valence-electron chi connectivity index (χ4n) is 2.40. The van der Waals surface area contributed by atoms with Gasteiger partial charge in [0.05, 0.1) is 18.1 Å². The maximum Gasteiger partial charge on any atom is 0.275 e. The molecule has 1 N–H and O–H groups in total. The Labute approximate surface area is 137 Å². The molecule has 3 heterocycles. The highest BCUT2D eigenvalue weighted by atomic mass is 32.1. The molecule has 0 saturated heterocycles. The van der Waals surface area contributed by atoms with E-state index in [2.05, 4.69) is 15.4 Å². The molecule has 6 nitrogen and oxygen atoms in total. The highest BCUT2D eigenvalue weighted by Crippen LogP contribution is 2.31. The smallest absolute Gasteiger partial charge is 0.275 e. The van der Waals surface area contributed by atoms with Gasteiger partial charge in [0.1, 0.15) is 5.69 Å². The molecule has 1 aliphatic carbocycles. The average Bonchev–Trinajstić information content (AvgIpc) is 2.96. The monoisotopic (exact) mass is 328 g/mol. The number of carbonyl (C=O) groups excluding carboxylic acids is 1. The van der Waals surface area contributed by atoms with Crippen LogP contribution in [-0.4, -0.2) is 20.7 Å². The lowest BCUT2D eigenvalue weighted by Gasteiger charge is -2.00. The largest absolute Gasteiger partial charge is 0.462 e. The highest BCUT2D eigenvalue weighted by molar-refractivity contribution is 7.15. The Morgan fingerprint density at radius 2 is 2.39 bits per heavy atom. The van der Waals surface area contributed by atoms with Crippen LogP contribution in [0, 0.1) is 12.8 Å². The Morgan fingerprint density at radius 1 is 1.52 bits per heavy atom. The Balaban J connectivity index is 1.49. The lowest BCUT2D eigenvalue weighted by Crippen LogP contribution is -2.13. The molecule has 0 radical (unpaired) electrons. The molecule has 0 aliphatic heterocycles. The van der Waals surface area contributed by atoms with Crippen LogP contribution < -0.4 is 5.32 Å². The molecule has 0 unspecified atom stereocenters. The van der Waals surface area contributed by atoms with Crippen molar-refractivity contribution in [2.45, 2.75) is 26.3 Å². The van der Waals surface area contributed by atoms with Crippen LogP contribution in [0.15, 0.2) is 35.2 Å². The predicted molar refractivity (Wildman–Crippen MR) is 87.5 cm³/mol. The van der Waals surface area contributed by atoms with Crippen LogP contribution in [0.5, 0.6) is 0 Å². The maximum atomic E-state index is 12.4. The Kier molecular flexibility index (Phi) is 3.49. The SMILES string of the molecule is Cc1sc(-c2ccco2)nc1C(=O)Nc1cnn(CC2CC2)c1. The number of thiazole rings is 1. The molecule has 23 heavy (non-hydrogen) atoms. The first-order valence-electron chi connectivity index (χ1n) is 7.54. The van der Waals surface area contributed by atoms with Crippen molar-refractivity contribution in [3.63, 3.8) is 0 Å². The Morgan fingerprint density at radius 3 is 3.13 bits per heavy atom. The number of carbonyl (C=O) groups is 1. The molecule has 0 spiro atoms. The molecule has 3 aromatic rings. The number of hydrogen-bond donors (Lipinski definition) is 1. The molecular formula is C16H16N4O2S. The van der Waals surface area contributed by atoms with E-state index in [1.165, 1.54) is 24.2 Å². The standard InChI is InChI=1S/C16H16N4O2S/c1-10-14(19-16(23-10)13-3-2-6-22-13)15(21)18-12-7-17-20(9-12)8-11-4-5-11/h2-3,6-7,9,11H,4-5,8H2,1H3,(H,18,21). The van der Waals surface area contributed by atoms with E-state index in [0.717, 1.165) is 17.3 Å². The summed E-state index contributed by atoms with van der Waals surface area (Å²) in [7, 11) is 0. The molecule has 1 aliphatic rings. The van der Waals surface area contributed by atoms with E-state index >= 15 is 0 Å². The van der Waals surface area contributed by atoms with Crippen LogP contribution in [0.3, 0.4) is 0 Å². The first kappa shape index (κ1) is 14.2. The number of amides is 1. The van der Waals surface area contributed by atoms with Crippen molar-refractivity contribution < 1.29 is 9.21 Å². The minimum atomic E-state index is -0.220. The summed E-state index contributed by atoms with van der Waals surface area (Å²) < 4.78 is 7.22. The summed E-state index contributed by atoms with van der Waals surface area (Å²) in [5, 5.41) is 7.85. The lowest BCUT2D eigenvalue weighted by molar-refractivity contribution is 0.102.